The number of anilines is 1. The highest BCUT2D eigenvalue weighted by Crippen LogP contribution is 2.20. The van der Waals surface area contributed by atoms with Gasteiger partial charge in [0.2, 0.25) is 20.0 Å². The Bertz CT molecular complexity index is 562. The monoisotopic (exact) mass is 419 g/mol. The first kappa shape index (κ1) is 18.7. The van der Waals surface area contributed by atoms with E-state index in [9.17, 15) is 16.8 Å². The van der Waals surface area contributed by atoms with Crippen LogP contribution in [0.2, 0.25) is 0 Å². The SMILES string of the molecule is CCI.Cc1ccc(N(S(C)(=O)=O)S(C)(=O)=O)cc1. The van der Waals surface area contributed by atoms with Gasteiger partial charge in [-0.2, -0.15) is 3.71 Å². The normalized spacial score (nSPS) is 11.4. The molecule has 0 saturated heterocycles. The van der Waals surface area contributed by atoms with Gasteiger partial charge in [-0.15, -0.1) is 0 Å². The number of nitrogens with zero attached hydrogens (tertiary/aromatic N) is 1. The van der Waals surface area contributed by atoms with Crippen LogP contribution >= 0.6 is 22.6 Å². The molecule has 0 fully saturated rings. The van der Waals surface area contributed by atoms with Crippen molar-refractivity contribution in [2.45, 2.75) is 13.8 Å². The first-order valence-corrected chi connectivity index (χ1v) is 10.6. The smallest absolute Gasteiger partial charge is 0.206 e. The Balaban J connectivity index is 0.000000982. The number of alkyl halides is 1. The van der Waals surface area contributed by atoms with E-state index in [1.54, 1.807) is 12.1 Å². The van der Waals surface area contributed by atoms with E-state index in [0.717, 1.165) is 18.1 Å². The fourth-order valence-electron chi connectivity index (χ4n) is 1.30. The molecule has 19 heavy (non-hydrogen) atoms. The topological polar surface area (TPSA) is 71.5 Å². The summed E-state index contributed by atoms with van der Waals surface area (Å²) < 4.78 is 47.3. The molecule has 0 N–H and O–H groups in total. The zero-order valence-corrected chi connectivity index (χ0v) is 15.1. The zero-order chi connectivity index (χ0) is 15.3. The molecule has 110 valence electrons. The maximum absolute atomic E-state index is 11.4. The molecule has 0 atom stereocenters. The Labute approximate surface area is 129 Å². The molecular formula is C11H18INO4S2. The van der Waals surface area contributed by atoms with Crippen molar-refractivity contribution in [2.75, 3.05) is 20.6 Å². The van der Waals surface area contributed by atoms with Gasteiger partial charge in [-0.05, 0) is 23.5 Å². The summed E-state index contributed by atoms with van der Waals surface area (Å²) in [5.74, 6) is 0. The summed E-state index contributed by atoms with van der Waals surface area (Å²) in [5.41, 5.74) is 1.04. The predicted molar refractivity (Wildman–Crippen MR) is 87.9 cm³/mol. The van der Waals surface area contributed by atoms with Gasteiger partial charge in [0.05, 0.1) is 18.2 Å². The van der Waals surface area contributed by atoms with E-state index >= 15 is 0 Å². The maximum atomic E-state index is 11.4. The highest BCUT2D eigenvalue weighted by atomic mass is 127. The molecular weight excluding hydrogens is 401 g/mol. The molecule has 5 nitrogen and oxygen atoms in total. The standard InChI is InChI=1S/C9H13NO4S2.C2H5I/c1-8-4-6-9(7-5-8)10(15(2,11)12)16(3,13)14;1-2-3/h4-7H,1-3H3;2H2,1H3. The molecule has 1 aromatic rings. The summed E-state index contributed by atoms with van der Waals surface area (Å²) in [6.07, 6.45) is 1.71. The Morgan fingerprint density at radius 1 is 1.00 bits per heavy atom. The fraction of sp³-hybridized carbons (Fsp3) is 0.455. The number of sulfonamides is 2. The van der Waals surface area contributed by atoms with E-state index in [2.05, 4.69) is 29.5 Å². The lowest BCUT2D eigenvalue weighted by Crippen LogP contribution is -2.35. The van der Waals surface area contributed by atoms with Crippen molar-refractivity contribution in [1.29, 1.82) is 0 Å². The molecule has 0 bridgehead atoms. The number of hydrogen-bond acceptors (Lipinski definition) is 4. The summed E-state index contributed by atoms with van der Waals surface area (Å²) in [6.45, 7) is 3.94. The zero-order valence-electron chi connectivity index (χ0n) is 11.3. The third kappa shape index (κ3) is 6.57. The van der Waals surface area contributed by atoms with Crippen LogP contribution < -0.4 is 3.71 Å². The molecule has 8 heteroatoms. The minimum atomic E-state index is -3.84. The van der Waals surface area contributed by atoms with Crippen molar-refractivity contribution in [2.24, 2.45) is 0 Å². The van der Waals surface area contributed by atoms with Crippen LogP contribution in [0.15, 0.2) is 24.3 Å². The van der Waals surface area contributed by atoms with Gasteiger partial charge in [0.25, 0.3) is 0 Å². The van der Waals surface area contributed by atoms with Gasteiger partial charge in [-0.25, -0.2) is 16.8 Å². The molecule has 0 saturated carbocycles. The average Bonchev–Trinajstić information content (AvgIpc) is 2.18. The number of rotatable bonds is 3. The van der Waals surface area contributed by atoms with Crippen LogP contribution in [-0.4, -0.2) is 33.8 Å². The quantitative estimate of drug-likeness (QED) is 0.556. The van der Waals surface area contributed by atoms with Gasteiger partial charge in [-0.3, -0.25) is 0 Å². The van der Waals surface area contributed by atoms with E-state index in [4.69, 9.17) is 0 Å². The van der Waals surface area contributed by atoms with Gasteiger partial charge < -0.3 is 0 Å². The molecule has 0 unspecified atom stereocenters. The Morgan fingerprint density at radius 3 is 1.58 bits per heavy atom. The van der Waals surface area contributed by atoms with Crippen LogP contribution in [0.25, 0.3) is 0 Å². The van der Waals surface area contributed by atoms with Crippen molar-refractivity contribution in [3.8, 4) is 0 Å². The summed E-state index contributed by atoms with van der Waals surface area (Å²) in [7, 11) is -7.69. The van der Waals surface area contributed by atoms with Gasteiger partial charge in [0.15, 0.2) is 0 Å². The second-order valence-electron chi connectivity index (χ2n) is 3.83. The van der Waals surface area contributed by atoms with Crippen LogP contribution in [0.5, 0.6) is 0 Å². The van der Waals surface area contributed by atoms with Crippen molar-refractivity contribution in [1.82, 2.24) is 0 Å². The first-order chi connectivity index (χ1) is 8.54. The van der Waals surface area contributed by atoms with Crippen LogP contribution in [0.1, 0.15) is 12.5 Å². The van der Waals surface area contributed by atoms with E-state index < -0.39 is 20.0 Å². The van der Waals surface area contributed by atoms with E-state index in [0.29, 0.717) is 3.71 Å². The molecule has 0 aliphatic heterocycles. The first-order valence-electron chi connectivity index (χ1n) is 5.37. The van der Waals surface area contributed by atoms with Crippen molar-refractivity contribution >= 4 is 48.3 Å². The number of benzene rings is 1. The average molecular weight is 419 g/mol. The van der Waals surface area contributed by atoms with E-state index in [-0.39, 0.29) is 5.69 Å². The molecule has 0 spiro atoms. The maximum Gasteiger partial charge on any atom is 0.245 e. The molecule has 0 aliphatic carbocycles. The molecule has 1 aromatic carbocycles. The number of halogens is 1. The van der Waals surface area contributed by atoms with Gasteiger partial charge in [-0.1, -0.05) is 47.2 Å². The second kappa shape index (κ2) is 7.44. The fourth-order valence-corrected chi connectivity index (χ4v) is 4.27. The third-order valence-electron chi connectivity index (χ3n) is 1.85. The van der Waals surface area contributed by atoms with Crippen LogP contribution in [0, 0.1) is 6.92 Å². The molecule has 1 rings (SSSR count). The Kier molecular flexibility index (Phi) is 7.30. The van der Waals surface area contributed by atoms with Crippen LogP contribution in [-0.2, 0) is 20.0 Å². The highest BCUT2D eigenvalue weighted by Gasteiger charge is 2.26. The van der Waals surface area contributed by atoms with Crippen LogP contribution in [0.3, 0.4) is 0 Å². The van der Waals surface area contributed by atoms with Gasteiger partial charge >= 0.3 is 0 Å². The summed E-state index contributed by atoms with van der Waals surface area (Å²) in [4.78, 5) is 0. The minimum absolute atomic E-state index is 0.121. The van der Waals surface area contributed by atoms with Gasteiger partial charge in [0.1, 0.15) is 0 Å². The van der Waals surface area contributed by atoms with Crippen molar-refractivity contribution in [3.63, 3.8) is 0 Å². The lowest BCUT2D eigenvalue weighted by atomic mass is 10.2. The minimum Gasteiger partial charge on any atom is -0.206 e. The summed E-state index contributed by atoms with van der Waals surface area (Å²) in [5, 5.41) is 0. The Hall–Kier alpha value is -0.350. The van der Waals surface area contributed by atoms with Gasteiger partial charge in [0, 0.05) is 0 Å². The molecule has 0 heterocycles. The van der Waals surface area contributed by atoms with E-state index in [1.807, 2.05) is 6.92 Å². The van der Waals surface area contributed by atoms with Crippen molar-refractivity contribution in [3.05, 3.63) is 29.8 Å². The number of aryl methyl sites for hydroxylation is 1. The third-order valence-corrected chi connectivity index (χ3v) is 5.10. The lowest BCUT2D eigenvalue weighted by Gasteiger charge is -2.19. The van der Waals surface area contributed by atoms with Crippen LogP contribution in [0.4, 0.5) is 5.69 Å². The Morgan fingerprint density at radius 2 is 1.32 bits per heavy atom. The molecule has 0 aromatic heterocycles. The summed E-state index contributed by atoms with van der Waals surface area (Å²) >= 11 is 2.29. The largest absolute Gasteiger partial charge is 0.245 e. The van der Waals surface area contributed by atoms with Crippen molar-refractivity contribution < 1.29 is 16.8 Å². The molecule has 0 aliphatic rings. The second-order valence-corrected chi connectivity index (χ2v) is 9.25. The molecule has 0 amide bonds. The van der Waals surface area contributed by atoms with E-state index in [1.165, 1.54) is 16.6 Å². The summed E-state index contributed by atoms with van der Waals surface area (Å²) in [6, 6.07) is 6.21. The lowest BCUT2D eigenvalue weighted by molar-refractivity contribution is 0.590. The highest BCUT2D eigenvalue weighted by molar-refractivity contribution is 14.1. The number of hydrogen-bond donors (Lipinski definition) is 0. The predicted octanol–water partition coefficient (Wildman–Crippen LogP) is 2.16. The molecule has 0 radical (unpaired) electrons.